The molecule has 4 aromatic rings. The maximum Gasteiger partial charge on any atom is 0.255 e. The second-order valence-electron chi connectivity index (χ2n) is 10.3. The number of hydrogen-bond donors (Lipinski definition) is 5. The SMILES string of the molecule is C/C=C\C=C/C.CCCCc1cc(Br)ccc1C(=O)Nc1ccc(-c2ccccc2S(N)(=O)=O)cc1.CN.Cc1cccc(C(=N)N)c1. The van der Waals surface area contributed by atoms with Crippen LogP contribution in [0.5, 0.6) is 0 Å². The Balaban J connectivity index is 0.000000524. The number of primary sulfonamides is 1. The van der Waals surface area contributed by atoms with Crippen molar-refractivity contribution in [2.24, 2.45) is 16.6 Å². The van der Waals surface area contributed by atoms with Crippen LogP contribution in [0.15, 0.2) is 125 Å². The first-order valence-electron chi connectivity index (χ1n) is 15.5. The maximum atomic E-state index is 12.8. The Kier molecular flexibility index (Phi) is 19.3. The molecule has 0 saturated carbocycles. The third-order valence-electron chi connectivity index (χ3n) is 6.58. The topological polar surface area (TPSA) is 165 Å². The van der Waals surface area contributed by atoms with E-state index in [4.69, 9.17) is 16.3 Å². The molecule has 0 aliphatic heterocycles. The summed E-state index contributed by atoms with van der Waals surface area (Å²) in [5.74, 6) is -0.0463. The lowest BCUT2D eigenvalue weighted by atomic mass is 10.0. The number of unbranched alkanes of at least 4 members (excludes halogenated alkanes) is 1. The minimum absolute atomic E-state index is 0.0669. The molecule has 0 fully saturated rings. The van der Waals surface area contributed by atoms with Crippen molar-refractivity contribution in [3.8, 4) is 11.1 Å². The number of carbonyl (C=O) groups excluding carboxylic acids is 1. The molecule has 8 N–H and O–H groups in total. The van der Waals surface area contributed by atoms with Crippen LogP contribution in [-0.4, -0.2) is 27.2 Å². The summed E-state index contributed by atoms with van der Waals surface area (Å²) in [5, 5.41) is 15.4. The summed E-state index contributed by atoms with van der Waals surface area (Å²) in [6, 6.07) is 26.8. The highest BCUT2D eigenvalue weighted by molar-refractivity contribution is 9.10. The van der Waals surface area contributed by atoms with E-state index < -0.39 is 10.0 Å². The quantitative estimate of drug-likeness (QED) is 0.0662. The van der Waals surface area contributed by atoms with Crippen LogP contribution in [0.4, 0.5) is 5.69 Å². The van der Waals surface area contributed by atoms with Crippen molar-refractivity contribution in [1.82, 2.24) is 0 Å². The largest absolute Gasteiger partial charge is 0.384 e. The van der Waals surface area contributed by atoms with Gasteiger partial charge in [-0.2, -0.15) is 0 Å². The minimum Gasteiger partial charge on any atom is -0.384 e. The van der Waals surface area contributed by atoms with E-state index in [2.05, 4.69) is 33.9 Å². The average Bonchev–Trinajstić information content (AvgIpc) is 3.08. The molecule has 0 aliphatic rings. The Bertz CT molecular complexity index is 1760. The molecule has 1 amide bonds. The Morgan fingerprint density at radius 1 is 0.896 bits per heavy atom. The van der Waals surface area contributed by atoms with Crippen molar-refractivity contribution >= 4 is 43.4 Å². The van der Waals surface area contributed by atoms with Crippen LogP contribution < -0.4 is 21.9 Å². The maximum absolute atomic E-state index is 12.8. The fourth-order valence-corrected chi connectivity index (χ4v) is 5.45. The standard InChI is InChI=1S/C23H23BrN2O3S.C8H10N2.C6H10.CH5N/c1-2-3-6-17-15-18(24)11-14-21(17)23(27)26-19-12-9-16(10-13-19)20-7-4-5-8-22(20)30(25,28)29;1-6-3-2-4-7(5-6)8(9)10;1-3-5-6-4-2;1-2/h4-5,7-15H,2-3,6H2,1H3,(H,26,27)(H2,25,28,29);2-5H,1H3,(H3,9,10);3-6H,1-2H3;2H2,1H3/b;;5-3-,6-4-;. The van der Waals surface area contributed by atoms with E-state index in [1.54, 1.807) is 42.5 Å². The molecular weight excluding hydrogens is 686 g/mol. The molecule has 4 aromatic carbocycles. The Labute approximate surface area is 294 Å². The van der Waals surface area contributed by atoms with Gasteiger partial charge in [-0.3, -0.25) is 10.2 Å². The third kappa shape index (κ3) is 14.6. The summed E-state index contributed by atoms with van der Waals surface area (Å²) < 4.78 is 24.6. The third-order valence-corrected chi connectivity index (χ3v) is 8.05. The van der Waals surface area contributed by atoms with Crippen LogP contribution in [0.2, 0.25) is 0 Å². The predicted octanol–water partition coefficient (Wildman–Crippen LogP) is 8.35. The van der Waals surface area contributed by atoms with E-state index in [-0.39, 0.29) is 16.6 Å². The molecule has 0 aliphatic carbocycles. The highest BCUT2D eigenvalue weighted by Crippen LogP contribution is 2.28. The van der Waals surface area contributed by atoms with Crippen LogP contribution in [-0.2, 0) is 16.4 Å². The lowest BCUT2D eigenvalue weighted by Gasteiger charge is -2.12. The number of carbonyl (C=O) groups is 1. The second-order valence-corrected chi connectivity index (χ2v) is 12.8. The lowest BCUT2D eigenvalue weighted by molar-refractivity contribution is 0.102. The molecule has 8 nitrogen and oxygen atoms in total. The number of sulfonamides is 1. The van der Waals surface area contributed by atoms with Gasteiger partial charge in [-0.15, -0.1) is 0 Å². The first-order chi connectivity index (χ1) is 22.9. The highest BCUT2D eigenvalue weighted by atomic mass is 79.9. The highest BCUT2D eigenvalue weighted by Gasteiger charge is 2.15. The van der Waals surface area contributed by atoms with Gasteiger partial charge in [-0.1, -0.05) is 108 Å². The fourth-order valence-electron chi connectivity index (χ4n) is 4.28. The molecule has 48 heavy (non-hydrogen) atoms. The zero-order valence-corrected chi connectivity index (χ0v) is 30.7. The number of allylic oxidation sites excluding steroid dienone is 4. The van der Waals surface area contributed by atoms with Gasteiger partial charge in [0.15, 0.2) is 0 Å². The van der Waals surface area contributed by atoms with Crippen molar-refractivity contribution in [3.63, 3.8) is 0 Å². The van der Waals surface area contributed by atoms with Crippen molar-refractivity contribution in [3.05, 3.63) is 142 Å². The number of benzene rings is 4. The van der Waals surface area contributed by atoms with E-state index in [0.717, 1.165) is 40.4 Å². The summed E-state index contributed by atoms with van der Waals surface area (Å²) in [6.07, 6.45) is 10.9. The lowest BCUT2D eigenvalue weighted by Crippen LogP contribution is -2.14. The number of amides is 1. The molecule has 0 heterocycles. The summed E-state index contributed by atoms with van der Waals surface area (Å²) in [7, 11) is -2.34. The first kappa shape index (κ1) is 41.7. The van der Waals surface area contributed by atoms with Gasteiger partial charge in [-0.25, -0.2) is 13.6 Å². The van der Waals surface area contributed by atoms with Crippen molar-refractivity contribution in [1.29, 1.82) is 5.41 Å². The van der Waals surface area contributed by atoms with E-state index in [1.165, 1.54) is 13.1 Å². The van der Waals surface area contributed by atoms with Gasteiger partial charge < -0.3 is 16.8 Å². The Hall–Kier alpha value is -4.35. The monoisotopic (exact) mass is 733 g/mol. The predicted molar refractivity (Wildman–Crippen MR) is 206 cm³/mol. The minimum atomic E-state index is -3.84. The smallest absolute Gasteiger partial charge is 0.255 e. The Morgan fingerprint density at radius 3 is 2.04 bits per heavy atom. The number of hydrogen-bond acceptors (Lipinski definition) is 5. The number of nitrogen functional groups attached to an aromatic ring is 1. The van der Waals surface area contributed by atoms with Crippen molar-refractivity contribution in [2.75, 3.05) is 12.4 Å². The zero-order chi connectivity index (χ0) is 36.1. The zero-order valence-electron chi connectivity index (χ0n) is 28.3. The number of amidine groups is 1. The fraction of sp³-hybridized carbons (Fsp3) is 0.211. The molecule has 256 valence electrons. The molecule has 0 atom stereocenters. The molecule has 0 aromatic heterocycles. The van der Waals surface area contributed by atoms with E-state index in [9.17, 15) is 13.2 Å². The number of nitrogens with two attached hydrogens (primary N) is 3. The van der Waals surface area contributed by atoms with Gasteiger partial charge in [0.05, 0.1) is 4.90 Å². The number of rotatable bonds is 9. The molecule has 0 spiro atoms. The van der Waals surface area contributed by atoms with Crippen LogP contribution >= 0.6 is 15.9 Å². The van der Waals surface area contributed by atoms with Crippen LogP contribution in [0, 0.1) is 12.3 Å². The molecule has 0 bridgehead atoms. The molecule has 0 saturated heterocycles. The van der Waals surface area contributed by atoms with Gasteiger partial charge in [-0.05, 0) is 94.3 Å². The van der Waals surface area contributed by atoms with Gasteiger partial charge in [0.2, 0.25) is 10.0 Å². The molecular formula is C38H48BrN5O3S. The van der Waals surface area contributed by atoms with Gasteiger partial charge in [0.25, 0.3) is 5.91 Å². The normalized spacial score (nSPS) is 10.6. The van der Waals surface area contributed by atoms with Crippen LogP contribution in [0.25, 0.3) is 11.1 Å². The molecule has 0 radical (unpaired) electrons. The van der Waals surface area contributed by atoms with E-state index in [0.29, 0.717) is 22.4 Å². The van der Waals surface area contributed by atoms with Gasteiger partial charge in [0.1, 0.15) is 5.84 Å². The van der Waals surface area contributed by atoms with Crippen LogP contribution in [0.3, 0.4) is 0 Å². The Morgan fingerprint density at radius 2 is 1.52 bits per heavy atom. The summed E-state index contributed by atoms with van der Waals surface area (Å²) >= 11 is 3.47. The number of nitrogens with one attached hydrogen (secondary N) is 2. The second kappa shape index (κ2) is 22.3. The van der Waals surface area contributed by atoms with Crippen LogP contribution in [0.1, 0.15) is 60.7 Å². The van der Waals surface area contributed by atoms with Crippen molar-refractivity contribution in [2.45, 2.75) is 51.9 Å². The summed E-state index contributed by atoms with van der Waals surface area (Å²) in [5.41, 5.74) is 15.2. The molecule has 10 heteroatoms. The number of aryl methyl sites for hydroxylation is 2. The average molecular weight is 735 g/mol. The van der Waals surface area contributed by atoms with Crippen molar-refractivity contribution < 1.29 is 13.2 Å². The summed E-state index contributed by atoms with van der Waals surface area (Å²) in [6.45, 7) is 8.10. The van der Waals surface area contributed by atoms with E-state index in [1.807, 2.05) is 87.5 Å². The van der Waals surface area contributed by atoms with Gasteiger partial charge >= 0.3 is 0 Å². The molecule has 4 rings (SSSR count). The first-order valence-corrected chi connectivity index (χ1v) is 17.8. The molecule has 0 unspecified atom stereocenters. The summed E-state index contributed by atoms with van der Waals surface area (Å²) in [4.78, 5) is 12.9. The van der Waals surface area contributed by atoms with E-state index >= 15 is 0 Å². The number of anilines is 1. The van der Waals surface area contributed by atoms with Gasteiger partial charge in [0, 0.05) is 26.9 Å². The number of halogens is 1.